The number of carbonyl (C=O) groups excluding carboxylic acids is 2. The van der Waals surface area contributed by atoms with E-state index in [4.69, 9.17) is 11.6 Å². The summed E-state index contributed by atoms with van der Waals surface area (Å²) in [5, 5.41) is 10.8. The number of aromatic amines is 1. The molecular weight excluding hydrogens is 932 g/mol. The number of likely N-dealkylation sites (N-methyl/N-ethyl adjacent to an activating group) is 1. The average Bonchev–Trinajstić information content (AvgIpc) is 3.36. The minimum absolute atomic E-state index is 0.0515. The van der Waals surface area contributed by atoms with Crippen molar-refractivity contribution < 1.29 is 9.59 Å². The van der Waals surface area contributed by atoms with Crippen LogP contribution in [0.4, 0.5) is 11.4 Å². The van der Waals surface area contributed by atoms with Crippen molar-refractivity contribution in [2.45, 2.75) is 157 Å². The molecule has 73 heavy (non-hydrogen) atoms. The zero-order chi connectivity index (χ0) is 52.5. The summed E-state index contributed by atoms with van der Waals surface area (Å²) in [5.41, 5.74) is 11.8. The molecule has 4 aliphatic rings. The Bertz CT molecular complexity index is 2620. The third kappa shape index (κ3) is 14.1. The highest BCUT2D eigenvalue weighted by molar-refractivity contribution is 6.31. The molecule has 0 spiro atoms. The van der Waals surface area contributed by atoms with E-state index in [-0.39, 0.29) is 30.1 Å². The second-order valence-corrected chi connectivity index (χ2v) is 22.1. The van der Waals surface area contributed by atoms with Crippen molar-refractivity contribution in [3.63, 3.8) is 0 Å². The first-order chi connectivity index (χ1) is 34.9. The summed E-state index contributed by atoms with van der Waals surface area (Å²) in [6, 6.07) is 11.5. The summed E-state index contributed by atoms with van der Waals surface area (Å²) in [4.78, 5) is 60.2. The van der Waals surface area contributed by atoms with Crippen LogP contribution in [0.25, 0.3) is 0 Å². The molecule has 2 amide bonds. The van der Waals surface area contributed by atoms with Gasteiger partial charge in [-0.15, -0.1) is 0 Å². The number of aromatic nitrogens is 1. The Balaban J connectivity index is 0.950. The standard InChI is InChI=1S/C59H85ClN10O3/c1-12-69(55-32-45(15-14-24-68-27-25-66(10)26-28-68)31-52(42(55)7)57(71)62-36-46-35-61-40(5)29-38(46)3)51-22-20-49(21-23-51)67(11)44(9)65-48-16-18-50(19-17-48)70(13-2)56-34-47(60)33-53(43(56)8)58(72)63-37-54-39(4)30-41(6)64-59(54)73/h30-34,44,48-51,65H,12-13,16-29,35-37H2,1-11H3,(H,62,71)(H,63,72)(H,64,73). The number of aryl methyl sites for hydroxylation is 2. The fraction of sp³-hybridized carbons (Fsp3) is 0.593. The smallest absolute Gasteiger partial charge is 0.253 e. The number of piperazine rings is 1. The van der Waals surface area contributed by atoms with E-state index in [1.54, 1.807) is 6.07 Å². The number of aliphatic imine (C=N–C) groups is 1. The van der Waals surface area contributed by atoms with E-state index in [0.29, 0.717) is 59.0 Å². The van der Waals surface area contributed by atoms with Gasteiger partial charge in [0.25, 0.3) is 17.4 Å². The first-order valence-electron chi connectivity index (χ1n) is 27.2. The Morgan fingerprint density at radius 2 is 1.37 bits per heavy atom. The zero-order valence-corrected chi connectivity index (χ0v) is 46.8. The van der Waals surface area contributed by atoms with E-state index in [9.17, 15) is 14.4 Å². The monoisotopic (exact) mass is 1020 g/mol. The number of anilines is 2. The summed E-state index contributed by atoms with van der Waals surface area (Å²) in [6.45, 7) is 26.7. The van der Waals surface area contributed by atoms with Crippen LogP contribution in [0.2, 0.25) is 5.02 Å². The molecule has 2 aromatic carbocycles. The van der Waals surface area contributed by atoms with E-state index >= 15 is 0 Å². The number of allylic oxidation sites excluding steroid dienone is 1. The molecule has 3 aromatic rings. The lowest BCUT2D eigenvalue weighted by Gasteiger charge is -2.44. The predicted octanol–water partition coefficient (Wildman–Crippen LogP) is 8.54. The maximum atomic E-state index is 14.1. The van der Waals surface area contributed by atoms with Crippen LogP contribution in [0, 0.1) is 39.5 Å². The summed E-state index contributed by atoms with van der Waals surface area (Å²) in [6.07, 6.45) is 9.71. The Hall–Kier alpha value is -4.97. The maximum absolute atomic E-state index is 14.1. The van der Waals surface area contributed by atoms with E-state index in [0.717, 1.165) is 149 Å². The third-order valence-corrected chi connectivity index (χ3v) is 16.8. The Kier molecular flexibility index (Phi) is 19.5. The van der Waals surface area contributed by atoms with Crippen LogP contribution >= 0.6 is 11.6 Å². The van der Waals surface area contributed by atoms with Crippen molar-refractivity contribution in [3.05, 3.63) is 101 Å². The first-order valence-corrected chi connectivity index (χ1v) is 27.6. The Labute approximate surface area is 442 Å². The van der Waals surface area contributed by atoms with Crippen LogP contribution in [0.15, 0.2) is 51.3 Å². The number of halogens is 1. The number of amides is 2. The van der Waals surface area contributed by atoms with Crippen molar-refractivity contribution in [2.24, 2.45) is 4.99 Å². The third-order valence-electron chi connectivity index (χ3n) is 16.6. The number of nitrogens with zero attached hydrogens (tertiary/aromatic N) is 6. The number of carbonyl (C=O) groups is 2. The van der Waals surface area contributed by atoms with Crippen molar-refractivity contribution in [1.29, 1.82) is 0 Å². The SMILES string of the molecule is CCN(c1cc(C#CCN2CCN(C)CC2)cc(C(=O)NCC2=C(C)CC(C)=NC2)c1C)C1CCC(N(C)C(C)NC2CCC(N(CC)c3cc(Cl)cc(C(=O)NCc4c(C)cc(C)[nH]c4=O)c3C)CC2)CC1. The van der Waals surface area contributed by atoms with Crippen LogP contribution in [0.1, 0.15) is 147 Å². The highest BCUT2D eigenvalue weighted by atomic mass is 35.5. The Morgan fingerprint density at radius 1 is 0.795 bits per heavy atom. The molecule has 2 aliphatic carbocycles. The molecule has 2 aliphatic heterocycles. The van der Waals surface area contributed by atoms with Gasteiger partial charge in [-0.25, -0.2) is 0 Å². The van der Waals surface area contributed by atoms with Gasteiger partial charge in [-0.05, 0) is 180 Å². The van der Waals surface area contributed by atoms with Gasteiger partial charge in [0.2, 0.25) is 0 Å². The highest BCUT2D eigenvalue weighted by Gasteiger charge is 2.33. The molecular formula is C59H85ClN10O3. The summed E-state index contributed by atoms with van der Waals surface area (Å²) >= 11 is 6.73. The lowest BCUT2D eigenvalue weighted by molar-refractivity contribution is 0.0944. The van der Waals surface area contributed by atoms with Gasteiger partial charge in [0.1, 0.15) is 0 Å². The lowest BCUT2D eigenvalue weighted by atomic mass is 9.87. The van der Waals surface area contributed by atoms with Crippen LogP contribution in [0.5, 0.6) is 0 Å². The molecule has 1 atom stereocenters. The predicted molar refractivity (Wildman–Crippen MR) is 302 cm³/mol. The van der Waals surface area contributed by atoms with Crippen LogP contribution in [0.3, 0.4) is 0 Å². The van der Waals surface area contributed by atoms with Crippen LogP contribution in [-0.2, 0) is 6.54 Å². The van der Waals surface area contributed by atoms with Gasteiger partial charge in [-0.2, -0.15) is 0 Å². The molecule has 1 unspecified atom stereocenters. The number of benzene rings is 2. The largest absolute Gasteiger partial charge is 0.369 e. The Morgan fingerprint density at radius 3 is 1.97 bits per heavy atom. The van der Waals surface area contributed by atoms with E-state index in [2.05, 4.69) is 124 Å². The quantitative estimate of drug-likeness (QED) is 0.0597. The summed E-state index contributed by atoms with van der Waals surface area (Å²) < 4.78 is 0. The first kappa shape index (κ1) is 55.8. The minimum Gasteiger partial charge on any atom is -0.369 e. The van der Waals surface area contributed by atoms with Gasteiger partial charge in [0.15, 0.2) is 0 Å². The number of rotatable bonds is 17. The normalized spacial score (nSPS) is 21.3. The van der Waals surface area contributed by atoms with Gasteiger partial charge >= 0.3 is 0 Å². The van der Waals surface area contributed by atoms with Crippen molar-refractivity contribution >= 4 is 40.5 Å². The number of dihydropyridines is 1. The van der Waals surface area contributed by atoms with Crippen molar-refractivity contribution in [2.75, 3.05) is 82.8 Å². The van der Waals surface area contributed by atoms with Gasteiger partial charge in [-0.1, -0.05) is 29.0 Å². The van der Waals surface area contributed by atoms with Crippen LogP contribution < -0.4 is 31.3 Å². The van der Waals surface area contributed by atoms with Crippen LogP contribution in [-0.4, -0.2) is 141 Å². The maximum Gasteiger partial charge on any atom is 0.253 e. The summed E-state index contributed by atoms with van der Waals surface area (Å²) in [5.74, 6) is 6.67. The number of nitrogens with one attached hydrogen (secondary N) is 4. The molecule has 1 aromatic heterocycles. The summed E-state index contributed by atoms with van der Waals surface area (Å²) in [7, 11) is 4.47. The molecule has 0 radical (unpaired) electrons. The second kappa shape index (κ2) is 25.5. The minimum atomic E-state index is -0.239. The number of pyridine rings is 1. The number of hydrogen-bond donors (Lipinski definition) is 4. The molecule has 7 rings (SSSR count). The highest BCUT2D eigenvalue weighted by Crippen LogP contribution is 2.36. The molecule has 4 N–H and O–H groups in total. The van der Waals surface area contributed by atoms with Gasteiger partial charge < -0.3 is 30.3 Å². The molecule has 3 fully saturated rings. The average molecular weight is 1020 g/mol. The number of H-pyrrole nitrogens is 1. The lowest BCUT2D eigenvalue weighted by Crippen LogP contribution is -2.53. The van der Waals surface area contributed by atoms with Crippen molar-refractivity contribution in [1.82, 2.24) is 35.6 Å². The molecule has 3 heterocycles. The van der Waals surface area contributed by atoms with Gasteiger partial charge in [-0.3, -0.25) is 34.5 Å². The number of hydrogen-bond acceptors (Lipinski definition) is 10. The van der Waals surface area contributed by atoms with E-state index in [1.807, 2.05) is 39.0 Å². The molecule has 1 saturated heterocycles. The van der Waals surface area contributed by atoms with Gasteiger partial charge in [0, 0.05) is 133 Å². The second-order valence-electron chi connectivity index (χ2n) is 21.6. The molecule has 14 heteroatoms. The topological polar surface area (TPSA) is 132 Å². The molecule has 2 saturated carbocycles. The fourth-order valence-electron chi connectivity index (χ4n) is 11.9. The van der Waals surface area contributed by atoms with E-state index < -0.39 is 0 Å². The molecule has 396 valence electrons. The fourth-order valence-corrected chi connectivity index (χ4v) is 12.1. The van der Waals surface area contributed by atoms with Crippen molar-refractivity contribution in [3.8, 4) is 11.8 Å². The zero-order valence-electron chi connectivity index (χ0n) is 46.0. The van der Waals surface area contributed by atoms with E-state index in [1.165, 1.54) is 11.1 Å². The molecule has 13 nitrogen and oxygen atoms in total. The van der Waals surface area contributed by atoms with Gasteiger partial charge in [0.05, 0.1) is 19.3 Å². The molecule has 0 bridgehead atoms.